The smallest absolute Gasteiger partial charge is 0.387 e. The molecule has 0 aliphatic carbocycles. The lowest BCUT2D eigenvalue weighted by atomic mass is 10.2. The second kappa shape index (κ2) is 15.2. The molecule has 10 heteroatoms. The van der Waals surface area contributed by atoms with Gasteiger partial charge in [0.25, 0.3) is 5.91 Å². The number of guanidine groups is 1. The maximum Gasteiger partial charge on any atom is 0.387 e. The Kier molecular flexibility index (Phi) is 13.0. The van der Waals surface area contributed by atoms with Gasteiger partial charge in [-0.25, -0.2) is 0 Å². The largest absolute Gasteiger partial charge is 0.490 e. The summed E-state index contributed by atoms with van der Waals surface area (Å²) in [7, 11) is 1.61. The Labute approximate surface area is 204 Å². The number of nitrogens with zero attached hydrogens (tertiary/aromatic N) is 1. The Morgan fingerprint density at radius 2 is 1.75 bits per heavy atom. The van der Waals surface area contributed by atoms with Crippen molar-refractivity contribution in [3.05, 3.63) is 59.7 Å². The normalized spacial score (nSPS) is 10.8. The summed E-state index contributed by atoms with van der Waals surface area (Å²) in [5, 5.41) is 9.04. The molecule has 176 valence electrons. The molecule has 0 aliphatic rings. The van der Waals surface area contributed by atoms with Gasteiger partial charge in [0.05, 0.1) is 6.61 Å². The van der Waals surface area contributed by atoms with Crippen LogP contribution in [0.2, 0.25) is 0 Å². The van der Waals surface area contributed by atoms with E-state index in [1.165, 1.54) is 0 Å². The zero-order valence-electron chi connectivity index (χ0n) is 18.1. The number of amides is 1. The highest BCUT2D eigenvalue weighted by Gasteiger charge is 2.16. The van der Waals surface area contributed by atoms with Crippen LogP contribution in [0.3, 0.4) is 0 Å². The van der Waals surface area contributed by atoms with Crippen molar-refractivity contribution >= 4 is 35.8 Å². The first-order valence-corrected chi connectivity index (χ1v) is 10.0. The number of rotatable bonds is 11. The number of para-hydroxylation sites is 1. The molecule has 2 rings (SSSR count). The molecule has 0 heterocycles. The Hall–Kier alpha value is -2.63. The van der Waals surface area contributed by atoms with Crippen LogP contribution in [0.1, 0.15) is 29.3 Å². The van der Waals surface area contributed by atoms with Crippen molar-refractivity contribution in [1.82, 2.24) is 16.0 Å². The molecule has 32 heavy (non-hydrogen) atoms. The van der Waals surface area contributed by atoms with Crippen molar-refractivity contribution in [2.24, 2.45) is 4.99 Å². The minimum atomic E-state index is -2.95. The van der Waals surface area contributed by atoms with E-state index in [0.29, 0.717) is 43.2 Å². The molecular formula is C22H29F2IN4O3. The highest BCUT2D eigenvalue weighted by molar-refractivity contribution is 14.0. The molecule has 7 nitrogen and oxygen atoms in total. The third-order valence-electron chi connectivity index (χ3n) is 4.20. The van der Waals surface area contributed by atoms with E-state index in [4.69, 9.17) is 4.74 Å². The number of ether oxygens (including phenoxy) is 2. The molecule has 0 spiro atoms. The highest BCUT2D eigenvalue weighted by Crippen LogP contribution is 2.32. The minimum absolute atomic E-state index is 0. The first kappa shape index (κ1) is 27.4. The molecule has 0 radical (unpaired) electrons. The number of nitrogens with one attached hydrogen (secondary N) is 3. The third kappa shape index (κ3) is 9.25. The standard InChI is InChI=1S/C22H28F2N4O3.HI/c1-3-30-18-12-7-11-17(19(18)31-21(23)24)15-28-22(25-2)27-14-8-13-26-20(29)16-9-5-4-6-10-16;/h4-7,9-12,21H,3,8,13-15H2,1-2H3,(H,26,29)(H2,25,27,28);1H. The van der Waals surface area contributed by atoms with Gasteiger partial charge in [0.1, 0.15) is 0 Å². The summed E-state index contributed by atoms with van der Waals surface area (Å²) in [6.07, 6.45) is 0.679. The van der Waals surface area contributed by atoms with Crippen LogP contribution in [0, 0.1) is 0 Å². The lowest BCUT2D eigenvalue weighted by Gasteiger charge is -2.17. The van der Waals surface area contributed by atoms with Gasteiger partial charge >= 0.3 is 6.61 Å². The molecule has 0 aromatic heterocycles. The molecule has 0 saturated carbocycles. The molecule has 2 aromatic carbocycles. The first-order valence-electron chi connectivity index (χ1n) is 10.0. The number of carbonyl (C=O) groups excluding carboxylic acids is 1. The summed E-state index contributed by atoms with van der Waals surface area (Å²) < 4.78 is 35.7. The fraction of sp³-hybridized carbons (Fsp3) is 0.364. The summed E-state index contributed by atoms with van der Waals surface area (Å²) in [5.74, 6) is 0.646. The maximum absolute atomic E-state index is 12.8. The van der Waals surface area contributed by atoms with Crippen molar-refractivity contribution in [3.8, 4) is 11.5 Å². The second-order valence-corrected chi connectivity index (χ2v) is 6.38. The van der Waals surface area contributed by atoms with Crippen molar-refractivity contribution in [2.45, 2.75) is 26.5 Å². The predicted molar refractivity (Wildman–Crippen MR) is 131 cm³/mol. The van der Waals surface area contributed by atoms with Gasteiger partial charge < -0.3 is 25.4 Å². The summed E-state index contributed by atoms with van der Waals surface area (Å²) >= 11 is 0. The van der Waals surface area contributed by atoms with Gasteiger partial charge in [-0.2, -0.15) is 8.78 Å². The van der Waals surface area contributed by atoms with Crippen molar-refractivity contribution in [1.29, 1.82) is 0 Å². The summed E-state index contributed by atoms with van der Waals surface area (Å²) in [5.41, 5.74) is 1.13. The quantitative estimate of drug-likeness (QED) is 0.168. The second-order valence-electron chi connectivity index (χ2n) is 6.38. The molecule has 0 saturated heterocycles. The Morgan fingerprint density at radius 3 is 2.41 bits per heavy atom. The zero-order chi connectivity index (χ0) is 22.5. The number of benzene rings is 2. The Morgan fingerprint density at radius 1 is 1.03 bits per heavy atom. The topological polar surface area (TPSA) is 84.0 Å². The SMILES string of the molecule is CCOc1cccc(CNC(=NC)NCCCNC(=O)c2ccccc2)c1OC(F)F.I. The average Bonchev–Trinajstić information content (AvgIpc) is 2.77. The van der Waals surface area contributed by atoms with Crippen molar-refractivity contribution in [2.75, 3.05) is 26.7 Å². The van der Waals surface area contributed by atoms with E-state index in [1.54, 1.807) is 44.3 Å². The fourth-order valence-electron chi connectivity index (χ4n) is 2.78. The minimum Gasteiger partial charge on any atom is -0.490 e. The summed E-state index contributed by atoms with van der Waals surface area (Å²) in [6, 6.07) is 14.0. The molecule has 1 amide bonds. The molecule has 0 aliphatic heterocycles. The van der Waals surface area contributed by atoms with Crippen molar-refractivity contribution < 1.29 is 23.0 Å². The number of hydrogen-bond donors (Lipinski definition) is 3. The lowest BCUT2D eigenvalue weighted by molar-refractivity contribution is -0.0520. The van der Waals surface area contributed by atoms with Crippen LogP contribution in [0.5, 0.6) is 11.5 Å². The molecule has 3 N–H and O–H groups in total. The van der Waals surface area contributed by atoms with Gasteiger partial charge in [-0.1, -0.05) is 30.3 Å². The van der Waals surface area contributed by atoms with E-state index >= 15 is 0 Å². The molecule has 0 atom stereocenters. The molecule has 0 fully saturated rings. The van der Waals surface area contributed by atoms with Crippen LogP contribution in [0.4, 0.5) is 8.78 Å². The van der Waals surface area contributed by atoms with Gasteiger partial charge in [0, 0.05) is 37.8 Å². The zero-order valence-corrected chi connectivity index (χ0v) is 20.4. The van der Waals surface area contributed by atoms with E-state index in [0.717, 1.165) is 0 Å². The highest BCUT2D eigenvalue weighted by atomic mass is 127. The average molecular weight is 562 g/mol. The van der Waals surface area contributed by atoms with E-state index < -0.39 is 6.61 Å². The van der Waals surface area contributed by atoms with Crippen LogP contribution in [-0.4, -0.2) is 45.2 Å². The van der Waals surface area contributed by atoms with Crippen LogP contribution in [-0.2, 0) is 6.54 Å². The number of aliphatic imine (C=N–C) groups is 1. The van der Waals surface area contributed by atoms with E-state index in [9.17, 15) is 13.6 Å². The summed E-state index contributed by atoms with van der Waals surface area (Å²) in [4.78, 5) is 16.1. The molecule has 0 bridgehead atoms. The van der Waals surface area contributed by atoms with Gasteiger partial charge in [-0.05, 0) is 31.5 Å². The predicted octanol–water partition coefficient (Wildman–Crippen LogP) is 3.79. The Bertz CT molecular complexity index is 854. The number of hydrogen-bond acceptors (Lipinski definition) is 4. The monoisotopic (exact) mass is 562 g/mol. The molecular weight excluding hydrogens is 533 g/mol. The number of carbonyl (C=O) groups is 1. The van der Waals surface area contributed by atoms with Gasteiger partial charge in [-0.3, -0.25) is 9.79 Å². The molecule has 2 aromatic rings. The van der Waals surface area contributed by atoms with Crippen LogP contribution in [0.25, 0.3) is 0 Å². The van der Waals surface area contributed by atoms with E-state index in [-0.39, 0.29) is 47.9 Å². The lowest BCUT2D eigenvalue weighted by Crippen LogP contribution is -2.38. The Balaban J connectivity index is 0.00000512. The first-order chi connectivity index (χ1) is 15.0. The third-order valence-corrected chi connectivity index (χ3v) is 4.20. The molecule has 0 unspecified atom stereocenters. The number of halogens is 3. The van der Waals surface area contributed by atoms with Crippen LogP contribution >= 0.6 is 24.0 Å². The van der Waals surface area contributed by atoms with Gasteiger partial charge in [-0.15, -0.1) is 24.0 Å². The fourth-order valence-corrected chi connectivity index (χ4v) is 2.78. The van der Waals surface area contributed by atoms with E-state index in [1.807, 2.05) is 18.2 Å². The van der Waals surface area contributed by atoms with Crippen molar-refractivity contribution in [3.63, 3.8) is 0 Å². The summed E-state index contributed by atoms with van der Waals surface area (Å²) in [6.45, 7) is 0.428. The number of alkyl halides is 2. The van der Waals surface area contributed by atoms with E-state index in [2.05, 4.69) is 25.7 Å². The van der Waals surface area contributed by atoms with Gasteiger partial charge in [0.15, 0.2) is 17.5 Å². The maximum atomic E-state index is 12.8. The van der Waals surface area contributed by atoms with Crippen LogP contribution < -0.4 is 25.4 Å². The van der Waals surface area contributed by atoms with Gasteiger partial charge in [0.2, 0.25) is 0 Å². The van der Waals surface area contributed by atoms with Crippen LogP contribution in [0.15, 0.2) is 53.5 Å².